The number of nitro groups is 1. The molecule has 0 aliphatic carbocycles. The second kappa shape index (κ2) is 22.0. The molecule has 5 heterocycles. The van der Waals surface area contributed by atoms with Crippen molar-refractivity contribution in [2.45, 2.75) is 42.8 Å². The Balaban J connectivity index is 1.10. The second-order valence-electron chi connectivity index (χ2n) is 19.6. The normalized spacial score (nSPS) is 22.1. The molecule has 11 rings (SSSR count). The van der Waals surface area contributed by atoms with Crippen LogP contribution in [-0.4, -0.2) is 113 Å². The molecular weight excluding hydrogens is 1010 g/mol. The predicted octanol–water partition coefficient (Wildman–Crippen LogP) is 6.06. The third kappa shape index (κ3) is 9.79. The maximum Gasteiger partial charge on any atom is 0.421 e. The average Bonchev–Trinajstić information content (AvgIpc) is 4.16. The average molecular weight is 1070 g/mol. The van der Waals surface area contributed by atoms with Gasteiger partial charge < -0.3 is 44.7 Å². The van der Waals surface area contributed by atoms with Crippen LogP contribution in [0.4, 0.5) is 21.0 Å². The number of nitro benzene ring substituents is 1. The van der Waals surface area contributed by atoms with Gasteiger partial charge in [0.15, 0.2) is 11.5 Å². The van der Waals surface area contributed by atoms with Crippen molar-refractivity contribution in [1.82, 2.24) is 20.0 Å². The first-order valence-corrected chi connectivity index (χ1v) is 25.7. The number of non-ortho nitro benzene ring substituents is 1. The summed E-state index contributed by atoms with van der Waals surface area (Å²) in [6, 6.07) is 37.0. The lowest BCUT2D eigenvalue weighted by atomic mass is 9.65. The van der Waals surface area contributed by atoms with Gasteiger partial charge in [0.05, 0.1) is 41.8 Å². The molecular formula is C59H53N7O13. The molecule has 79 heavy (non-hydrogen) atoms. The van der Waals surface area contributed by atoms with Crippen molar-refractivity contribution in [2.75, 3.05) is 57.6 Å². The Hall–Kier alpha value is -9.29. The van der Waals surface area contributed by atoms with Gasteiger partial charge in [-0.2, -0.15) is 0 Å². The van der Waals surface area contributed by atoms with Gasteiger partial charge in [0.2, 0.25) is 18.6 Å². The van der Waals surface area contributed by atoms with Gasteiger partial charge in [0.1, 0.15) is 36.5 Å². The molecule has 0 saturated carbocycles. The number of hydrogen-bond acceptors (Lipinski definition) is 15. The van der Waals surface area contributed by atoms with Crippen LogP contribution in [-0.2, 0) is 42.4 Å². The molecule has 402 valence electrons. The van der Waals surface area contributed by atoms with Crippen molar-refractivity contribution >= 4 is 41.3 Å². The van der Waals surface area contributed by atoms with Crippen molar-refractivity contribution in [3.8, 4) is 29.1 Å². The van der Waals surface area contributed by atoms with Gasteiger partial charge in [0, 0.05) is 50.4 Å². The fraction of sp³-hybridized carbons (Fsp3) is 0.271. The Bertz CT molecular complexity index is 3380. The number of cyclic esters (lactones) is 1. The molecule has 6 atom stereocenters. The lowest BCUT2D eigenvalue weighted by Crippen LogP contribution is -2.59. The highest BCUT2D eigenvalue weighted by Crippen LogP contribution is 2.66. The fourth-order valence-corrected chi connectivity index (χ4v) is 11.7. The highest BCUT2D eigenvalue weighted by Gasteiger charge is 2.76. The Morgan fingerprint density at radius 3 is 2.19 bits per heavy atom. The van der Waals surface area contributed by atoms with Crippen LogP contribution in [0.3, 0.4) is 0 Å². The summed E-state index contributed by atoms with van der Waals surface area (Å²) >= 11 is 0. The highest BCUT2D eigenvalue weighted by atomic mass is 16.7. The number of rotatable bonds is 13. The number of fused-ring (bicyclic) bond motifs is 4. The van der Waals surface area contributed by atoms with Crippen LogP contribution >= 0.6 is 0 Å². The van der Waals surface area contributed by atoms with Gasteiger partial charge >= 0.3 is 18.1 Å². The molecule has 1 spiro atoms. The number of piperazine rings is 1. The summed E-state index contributed by atoms with van der Waals surface area (Å²) in [6.07, 6.45) is -2.10. The Kier molecular flexibility index (Phi) is 14.4. The molecule has 0 bridgehead atoms. The number of anilines is 1. The van der Waals surface area contributed by atoms with Gasteiger partial charge in [-0.05, 0) is 88.0 Å². The molecule has 0 aromatic heterocycles. The van der Waals surface area contributed by atoms with Crippen molar-refractivity contribution in [1.29, 1.82) is 0 Å². The van der Waals surface area contributed by atoms with E-state index in [9.17, 15) is 20.0 Å². The van der Waals surface area contributed by atoms with Crippen molar-refractivity contribution < 1.29 is 57.7 Å². The lowest BCUT2D eigenvalue weighted by Gasteiger charge is -2.46. The first kappa shape index (κ1) is 51.8. The van der Waals surface area contributed by atoms with E-state index in [1.54, 1.807) is 41.3 Å². The minimum absolute atomic E-state index is 0.0102. The molecule has 20 nitrogen and oxygen atoms in total. The number of ether oxygens (including phenoxy) is 5. The van der Waals surface area contributed by atoms with Crippen molar-refractivity contribution in [2.24, 2.45) is 11.7 Å². The summed E-state index contributed by atoms with van der Waals surface area (Å²) in [4.78, 5) is 93.3. The number of urea groups is 1. The van der Waals surface area contributed by atoms with Crippen LogP contribution in [0.2, 0.25) is 0 Å². The summed E-state index contributed by atoms with van der Waals surface area (Å²) < 4.78 is 29.6. The number of carbonyl (C=O) groups excluding carboxylic acids is 5. The number of esters is 1. The minimum atomic E-state index is -2.15. The molecule has 3 saturated heterocycles. The quantitative estimate of drug-likeness (QED) is 0.0515. The van der Waals surface area contributed by atoms with Crippen LogP contribution in [0, 0.1) is 27.9 Å². The zero-order valence-electron chi connectivity index (χ0n) is 42.5. The Labute approximate surface area is 453 Å². The summed E-state index contributed by atoms with van der Waals surface area (Å²) in [6.45, 7) is 1.13. The van der Waals surface area contributed by atoms with E-state index in [0.717, 1.165) is 10.5 Å². The van der Waals surface area contributed by atoms with Crippen LogP contribution < -0.4 is 30.2 Å². The van der Waals surface area contributed by atoms with E-state index in [0.29, 0.717) is 64.7 Å². The summed E-state index contributed by atoms with van der Waals surface area (Å²) in [5.74, 6) is 3.87. The summed E-state index contributed by atoms with van der Waals surface area (Å²) in [5, 5.41) is 23.6. The van der Waals surface area contributed by atoms with Crippen LogP contribution in [0.5, 0.6) is 17.2 Å². The molecule has 6 aromatic carbocycles. The highest BCUT2D eigenvalue weighted by molar-refractivity contribution is 6.23. The van der Waals surface area contributed by atoms with E-state index in [2.05, 4.69) is 22.1 Å². The number of amides is 5. The maximum absolute atomic E-state index is 16.8. The summed E-state index contributed by atoms with van der Waals surface area (Å²) in [5.41, 5.74) is 6.80. The van der Waals surface area contributed by atoms with E-state index >= 15 is 19.2 Å². The molecule has 20 heteroatoms. The Morgan fingerprint density at radius 1 is 0.797 bits per heavy atom. The molecule has 4 N–H and O–H groups in total. The number of benzene rings is 6. The first-order valence-electron chi connectivity index (χ1n) is 25.7. The number of nitrogens with two attached hydrogens (primary N) is 1. The maximum atomic E-state index is 16.8. The van der Waals surface area contributed by atoms with E-state index in [4.69, 9.17) is 29.4 Å². The zero-order valence-corrected chi connectivity index (χ0v) is 42.5. The first-order chi connectivity index (χ1) is 38.4. The predicted molar refractivity (Wildman–Crippen MR) is 283 cm³/mol. The number of aliphatic hydroxyl groups excluding tert-OH is 1. The number of carbonyl (C=O) groups is 5. The molecule has 5 aliphatic heterocycles. The molecule has 3 fully saturated rings. The van der Waals surface area contributed by atoms with E-state index in [1.807, 2.05) is 83.8 Å². The van der Waals surface area contributed by atoms with E-state index in [-0.39, 0.29) is 56.6 Å². The Morgan fingerprint density at radius 2 is 1.49 bits per heavy atom. The second-order valence-corrected chi connectivity index (χ2v) is 19.6. The molecule has 0 unspecified atom stereocenters. The molecule has 5 aliphatic rings. The number of nitrogens with one attached hydrogen (secondary N) is 1. The van der Waals surface area contributed by atoms with Gasteiger partial charge in [-0.25, -0.2) is 14.5 Å². The number of aliphatic hydroxyl groups is 1. The largest absolute Gasteiger partial charge is 0.491 e. The van der Waals surface area contributed by atoms with Crippen molar-refractivity contribution in [3.05, 3.63) is 195 Å². The smallest absolute Gasteiger partial charge is 0.421 e. The van der Waals surface area contributed by atoms with E-state index in [1.165, 1.54) is 30.3 Å². The third-order valence-corrected chi connectivity index (χ3v) is 15.1. The SMILES string of the molecule is NC(=O)NCC#Cc1ccc2c(c1)[C@]1(C(=O)N2C(=O)OCc2ccc([N+](=O)[O-])cc2)[C@H](C(=O)N2CCN(Cc3ccc4c(c3)OCO4)CC2)[C@H]2C(=O)O[C@H](c3ccccc3)[C@H](c3ccccc3)N2[C@@H]1c1ccc(OCCO)cc1. The fourth-order valence-electron chi connectivity index (χ4n) is 11.7. The molecule has 0 radical (unpaired) electrons. The number of hydrogen-bond donors (Lipinski definition) is 3. The topological polar surface area (TPSA) is 246 Å². The van der Waals surface area contributed by atoms with Gasteiger partial charge in [-0.1, -0.05) is 90.7 Å². The van der Waals surface area contributed by atoms with E-state index < -0.39 is 77.0 Å². The van der Waals surface area contributed by atoms with Gasteiger partial charge in [-0.15, -0.1) is 0 Å². The van der Waals surface area contributed by atoms with Crippen LogP contribution in [0.1, 0.15) is 57.1 Å². The zero-order chi connectivity index (χ0) is 54.8. The number of primary amides is 1. The molecule has 5 amide bonds. The van der Waals surface area contributed by atoms with Crippen molar-refractivity contribution in [3.63, 3.8) is 0 Å². The molecule has 6 aromatic rings. The monoisotopic (exact) mass is 1070 g/mol. The minimum Gasteiger partial charge on any atom is -0.491 e. The number of imide groups is 1. The van der Waals surface area contributed by atoms with Crippen LogP contribution in [0.15, 0.2) is 146 Å². The number of nitrogens with zero attached hydrogens (tertiary/aromatic N) is 5. The number of morpholine rings is 1. The third-order valence-electron chi connectivity index (χ3n) is 15.1. The van der Waals surface area contributed by atoms with Crippen LogP contribution in [0.25, 0.3) is 0 Å². The van der Waals surface area contributed by atoms with Gasteiger partial charge in [0.25, 0.3) is 5.69 Å². The standard InChI is InChI=1S/C59H53N7O13/c60-57(71)61-25-7-8-37-15-23-46-45(32-37)59(56(70)64(46)58(72)76-35-38-13-19-43(20-14-38)66(73)74)49(54(68)63-28-26-62(27-29-63)34-39-16-24-47-48(33-39)78-36-77-47)51-55(69)79-52(41-11-5-2-6-12-41)50(40-9-3-1-4-10-40)65(51)53(59)42-17-21-44(22-18-42)75-31-30-67/h1-6,9-24,32-33,49-53,67H,25-31,34-36H2,(H3,60,61,71)/t49-,50-,51-,52+,53+,59-/m0/s1. The van der Waals surface area contributed by atoms with Gasteiger partial charge in [-0.3, -0.25) is 34.3 Å². The summed E-state index contributed by atoms with van der Waals surface area (Å²) in [7, 11) is 0. The lowest BCUT2D eigenvalue weighted by molar-refractivity contribution is -0.384.